The van der Waals surface area contributed by atoms with E-state index in [0.29, 0.717) is 11.4 Å². The molecule has 1 atom stereocenters. The van der Waals surface area contributed by atoms with E-state index in [9.17, 15) is 9.90 Å². The Labute approximate surface area is 87.7 Å². The number of carbonyl (C=O) groups excluding carboxylic acids is 1. The zero-order chi connectivity index (χ0) is 11.3. The Morgan fingerprint density at radius 1 is 1.53 bits per heavy atom. The predicted octanol–water partition coefficient (Wildman–Crippen LogP) is 0.687. The van der Waals surface area contributed by atoms with Crippen molar-refractivity contribution in [3.8, 4) is 5.88 Å². The summed E-state index contributed by atoms with van der Waals surface area (Å²) in [6.07, 6.45) is 0.493. The number of pyridine rings is 1. The number of carbonyl (C=O) groups is 1. The largest absolute Gasteiger partial charge is 0.481 e. The summed E-state index contributed by atoms with van der Waals surface area (Å²) >= 11 is 0. The molecule has 15 heavy (non-hydrogen) atoms. The summed E-state index contributed by atoms with van der Waals surface area (Å²) in [6, 6.07) is 3.27. The van der Waals surface area contributed by atoms with Crippen LogP contribution >= 0.6 is 0 Å². The zero-order valence-corrected chi connectivity index (χ0v) is 8.64. The first kappa shape index (κ1) is 11.5. The van der Waals surface area contributed by atoms with Gasteiger partial charge in [0.1, 0.15) is 0 Å². The molecule has 0 saturated heterocycles. The highest BCUT2D eigenvalue weighted by Crippen LogP contribution is 2.17. The number of esters is 1. The Morgan fingerprint density at radius 2 is 2.27 bits per heavy atom. The minimum Gasteiger partial charge on any atom is -0.481 e. The fourth-order valence-corrected chi connectivity index (χ4v) is 1.07. The average molecular weight is 211 g/mol. The summed E-state index contributed by atoms with van der Waals surface area (Å²) in [7, 11) is 2.79. The van der Waals surface area contributed by atoms with Gasteiger partial charge >= 0.3 is 5.97 Å². The number of hydrogen-bond acceptors (Lipinski definition) is 5. The lowest BCUT2D eigenvalue weighted by atomic mass is 10.1. The molecule has 0 spiro atoms. The van der Waals surface area contributed by atoms with Crippen LogP contribution in [0.4, 0.5) is 0 Å². The molecule has 0 bridgehead atoms. The Kier molecular flexibility index (Phi) is 4.05. The number of aliphatic hydroxyl groups is 1. The summed E-state index contributed by atoms with van der Waals surface area (Å²) in [6.45, 7) is 0. The van der Waals surface area contributed by atoms with Crippen LogP contribution in [0.2, 0.25) is 0 Å². The van der Waals surface area contributed by atoms with Crippen LogP contribution in [-0.2, 0) is 9.53 Å². The summed E-state index contributed by atoms with van der Waals surface area (Å²) < 4.78 is 9.31. The van der Waals surface area contributed by atoms with Crippen LogP contribution in [0.25, 0.3) is 0 Å². The molecule has 0 aliphatic heterocycles. The third-order valence-corrected chi connectivity index (χ3v) is 1.94. The average Bonchev–Trinajstić information content (AvgIpc) is 2.29. The molecule has 1 unspecified atom stereocenters. The van der Waals surface area contributed by atoms with Gasteiger partial charge in [-0.2, -0.15) is 0 Å². The minimum absolute atomic E-state index is 0.0789. The number of ether oxygens (including phenoxy) is 2. The molecule has 0 aliphatic rings. The lowest BCUT2D eigenvalue weighted by molar-refractivity contribution is -0.142. The van der Waals surface area contributed by atoms with Gasteiger partial charge in [0.05, 0.1) is 26.7 Å². The van der Waals surface area contributed by atoms with Crippen molar-refractivity contribution in [1.29, 1.82) is 0 Å². The van der Waals surface area contributed by atoms with E-state index in [-0.39, 0.29) is 6.42 Å². The monoisotopic (exact) mass is 211 g/mol. The van der Waals surface area contributed by atoms with Gasteiger partial charge in [0, 0.05) is 12.3 Å². The molecule has 0 radical (unpaired) electrons. The molecule has 1 N–H and O–H groups in total. The molecule has 0 amide bonds. The van der Waals surface area contributed by atoms with E-state index >= 15 is 0 Å². The van der Waals surface area contributed by atoms with Crippen LogP contribution in [0.5, 0.6) is 5.88 Å². The van der Waals surface area contributed by atoms with Gasteiger partial charge in [-0.05, 0) is 11.6 Å². The standard InChI is InChI=1S/C10H13NO4/c1-14-9-4-3-7(6-11-9)8(12)5-10(13)15-2/h3-4,6,8,12H,5H2,1-2H3. The quantitative estimate of drug-likeness (QED) is 0.742. The molecule has 1 rings (SSSR count). The zero-order valence-electron chi connectivity index (χ0n) is 8.64. The number of hydrogen-bond donors (Lipinski definition) is 1. The van der Waals surface area contributed by atoms with Crippen molar-refractivity contribution in [3.05, 3.63) is 23.9 Å². The second kappa shape index (κ2) is 5.31. The van der Waals surface area contributed by atoms with Gasteiger partial charge in [0.15, 0.2) is 0 Å². The van der Waals surface area contributed by atoms with Crippen LogP contribution in [-0.4, -0.2) is 30.3 Å². The maximum Gasteiger partial charge on any atom is 0.308 e. The normalized spacial score (nSPS) is 11.9. The molecule has 0 saturated carbocycles. The molecule has 0 aliphatic carbocycles. The molecule has 1 aromatic heterocycles. The molecule has 1 aromatic rings. The predicted molar refractivity (Wildman–Crippen MR) is 52.4 cm³/mol. The molecule has 5 nitrogen and oxygen atoms in total. The fourth-order valence-electron chi connectivity index (χ4n) is 1.07. The van der Waals surface area contributed by atoms with E-state index in [4.69, 9.17) is 4.74 Å². The number of aliphatic hydroxyl groups excluding tert-OH is 1. The number of aromatic nitrogens is 1. The minimum atomic E-state index is -0.893. The molecular weight excluding hydrogens is 198 g/mol. The number of nitrogens with zero attached hydrogens (tertiary/aromatic N) is 1. The number of rotatable bonds is 4. The van der Waals surface area contributed by atoms with E-state index in [1.165, 1.54) is 20.4 Å². The first-order valence-corrected chi connectivity index (χ1v) is 4.42. The van der Waals surface area contributed by atoms with Crippen molar-refractivity contribution in [2.24, 2.45) is 0 Å². The second-order valence-corrected chi connectivity index (χ2v) is 2.93. The highest BCUT2D eigenvalue weighted by Gasteiger charge is 2.13. The van der Waals surface area contributed by atoms with Gasteiger partial charge in [-0.25, -0.2) is 4.98 Å². The molecule has 0 aromatic carbocycles. The second-order valence-electron chi connectivity index (χ2n) is 2.93. The summed E-state index contributed by atoms with van der Waals surface area (Å²) in [5.74, 6) is 0.00216. The summed E-state index contributed by atoms with van der Waals surface area (Å²) in [5.41, 5.74) is 0.557. The van der Waals surface area contributed by atoms with Gasteiger partial charge in [0.2, 0.25) is 5.88 Å². The van der Waals surface area contributed by atoms with Gasteiger partial charge in [0.25, 0.3) is 0 Å². The first-order valence-electron chi connectivity index (χ1n) is 4.42. The third kappa shape index (κ3) is 3.21. The highest BCUT2D eigenvalue weighted by molar-refractivity contribution is 5.70. The molecule has 5 heteroatoms. The molecule has 1 heterocycles. The van der Waals surface area contributed by atoms with Gasteiger partial charge in [-0.1, -0.05) is 0 Å². The lowest BCUT2D eigenvalue weighted by Crippen LogP contribution is -2.08. The van der Waals surface area contributed by atoms with Crippen molar-refractivity contribution in [2.45, 2.75) is 12.5 Å². The summed E-state index contributed by atoms with van der Waals surface area (Å²) in [4.78, 5) is 14.8. The van der Waals surface area contributed by atoms with Crippen molar-refractivity contribution in [1.82, 2.24) is 4.98 Å². The van der Waals surface area contributed by atoms with E-state index < -0.39 is 12.1 Å². The smallest absolute Gasteiger partial charge is 0.308 e. The van der Waals surface area contributed by atoms with Crippen molar-refractivity contribution in [2.75, 3.05) is 14.2 Å². The Bertz CT molecular complexity index is 323. The topological polar surface area (TPSA) is 68.7 Å². The van der Waals surface area contributed by atoms with Gasteiger partial charge in [-0.3, -0.25) is 4.79 Å². The molecular formula is C10H13NO4. The van der Waals surface area contributed by atoms with Crippen LogP contribution < -0.4 is 4.74 Å². The lowest BCUT2D eigenvalue weighted by Gasteiger charge is -2.09. The maximum absolute atomic E-state index is 10.9. The van der Waals surface area contributed by atoms with Crippen LogP contribution in [0.15, 0.2) is 18.3 Å². The van der Waals surface area contributed by atoms with E-state index in [0.717, 1.165) is 0 Å². The first-order chi connectivity index (χ1) is 7.17. The van der Waals surface area contributed by atoms with Crippen LogP contribution in [0, 0.1) is 0 Å². The van der Waals surface area contributed by atoms with E-state index in [1.54, 1.807) is 12.1 Å². The third-order valence-electron chi connectivity index (χ3n) is 1.94. The van der Waals surface area contributed by atoms with Crippen molar-refractivity contribution >= 4 is 5.97 Å². The van der Waals surface area contributed by atoms with Crippen LogP contribution in [0.1, 0.15) is 18.1 Å². The van der Waals surface area contributed by atoms with E-state index in [1.807, 2.05) is 0 Å². The Hall–Kier alpha value is -1.62. The van der Waals surface area contributed by atoms with Gasteiger partial charge in [-0.15, -0.1) is 0 Å². The Morgan fingerprint density at radius 3 is 2.73 bits per heavy atom. The van der Waals surface area contributed by atoms with Crippen LogP contribution in [0.3, 0.4) is 0 Å². The number of methoxy groups -OCH3 is 2. The molecule has 82 valence electrons. The summed E-state index contributed by atoms with van der Waals surface area (Å²) in [5, 5.41) is 9.60. The van der Waals surface area contributed by atoms with E-state index in [2.05, 4.69) is 9.72 Å². The fraction of sp³-hybridized carbons (Fsp3) is 0.400. The SMILES string of the molecule is COC(=O)CC(O)c1ccc(OC)nc1. The van der Waals surface area contributed by atoms with Gasteiger partial charge < -0.3 is 14.6 Å². The Balaban J connectivity index is 2.65. The van der Waals surface area contributed by atoms with Crippen molar-refractivity contribution < 1.29 is 19.4 Å². The maximum atomic E-state index is 10.9. The molecule has 0 fully saturated rings. The highest BCUT2D eigenvalue weighted by atomic mass is 16.5. The van der Waals surface area contributed by atoms with Crippen molar-refractivity contribution in [3.63, 3.8) is 0 Å².